The van der Waals surface area contributed by atoms with Crippen LogP contribution in [0.25, 0.3) is 6.08 Å². The van der Waals surface area contributed by atoms with Gasteiger partial charge in [-0.25, -0.2) is 14.6 Å². The van der Waals surface area contributed by atoms with E-state index >= 15 is 0 Å². The lowest BCUT2D eigenvalue weighted by Gasteiger charge is -2.14. The third kappa shape index (κ3) is 5.17. The Morgan fingerprint density at radius 3 is 2.76 bits per heavy atom. The van der Waals surface area contributed by atoms with Crippen molar-refractivity contribution in [2.75, 3.05) is 19.8 Å². The van der Waals surface area contributed by atoms with Crippen molar-refractivity contribution in [2.24, 2.45) is 4.99 Å². The number of halogens is 1. The van der Waals surface area contributed by atoms with Gasteiger partial charge in [0.25, 0.3) is 5.90 Å². The van der Waals surface area contributed by atoms with E-state index < -0.39 is 11.9 Å². The van der Waals surface area contributed by atoms with Crippen molar-refractivity contribution < 1.29 is 33.0 Å². The number of hydrogen-bond donors (Lipinski definition) is 0. The zero-order chi connectivity index (χ0) is 20.8. The molecule has 0 radical (unpaired) electrons. The Morgan fingerprint density at radius 2 is 2.07 bits per heavy atom. The Balaban J connectivity index is 1.87. The fourth-order valence-corrected chi connectivity index (χ4v) is 3.26. The van der Waals surface area contributed by atoms with E-state index in [1.54, 1.807) is 37.3 Å². The maximum atomic E-state index is 12.1. The van der Waals surface area contributed by atoms with E-state index in [1.807, 2.05) is 6.92 Å². The van der Waals surface area contributed by atoms with E-state index in [1.165, 1.54) is 6.26 Å². The van der Waals surface area contributed by atoms with Gasteiger partial charge in [-0.1, -0.05) is 0 Å². The highest BCUT2D eigenvalue weighted by Crippen LogP contribution is 2.35. The zero-order valence-electron chi connectivity index (χ0n) is 15.8. The number of esters is 2. The zero-order valence-corrected chi connectivity index (χ0v) is 17.9. The van der Waals surface area contributed by atoms with Gasteiger partial charge in [-0.3, -0.25) is 0 Å². The van der Waals surface area contributed by atoms with Gasteiger partial charge in [0, 0.05) is 0 Å². The molecule has 0 saturated carbocycles. The molecule has 0 spiro atoms. The number of furan rings is 1. The molecule has 0 saturated heterocycles. The van der Waals surface area contributed by atoms with Crippen molar-refractivity contribution >= 4 is 46.5 Å². The molecule has 29 heavy (non-hydrogen) atoms. The van der Waals surface area contributed by atoms with E-state index in [2.05, 4.69) is 27.6 Å². The van der Waals surface area contributed by atoms with Crippen molar-refractivity contribution in [3.8, 4) is 11.5 Å². The first-order valence-corrected chi connectivity index (χ1v) is 9.90. The van der Waals surface area contributed by atoms with Gasteiger partial charge in [0.05, 0.1) is 23.0 Å². The lowest BCUT2D eigenvalue weighted by Crippen LogP contribution is -2.15. The predicted octanol–water partition coefficient (Wildman–Crippen LogP) is 3.57. The van der Waals surface area contributed by atoms with Gasteiger partial charge < -0.3 is 23.4 Å². The highest BCUT2D eigenvalue weighted by atomic mass is 127. The lowest BCUT2D eigenvalue weighted by atomic mass is 10.1. The molecule has 2 aromatic rings. The topological polar surface area (TPSA) is 96.6 Å². The van der Waals surface area contributed by atoms with Crippen LogP contribution in [0.5, 0.6) is 11.5 Å². The van der Waals surface area contributed by atoms with Crippen LogP contribution in [0.4, 0.5) is 0 Å². The highest BCUT2D eigenvalue weighted by Gasteiger charge is 2.26. The molecule has 0 fully saturated rings. The Labute approximate surface area is 180 Å². The summed E-state index contributed by atoms with van der Waals surface area (Å²) in [5.41, 5.74) is 0.799. The monoisotopic (exact) mass is 511 g/mol. The number of hydrogen-bond acceptors (Lipinski definition) is 8. The second-order valence-corrected chi connectivity index (χ2v) is 6.83. The van der Waals surface area contributed by atoms with Crippen molar-refractivity contribution in [2.45, 2.75) is 13.8 Å². The molecule has 9 heteroatoms. The number of nitrogens with zero attached hydrogens (tertiary/aromatic N) is 1. The van der Waals surface area contributed by atoms with Crippen molar-refractivity contribution in [1.29, 1.82) is 0 Å². The molecule has 0 amide bonds. The molecule has 1 aliphatic heterocycles. The molecule has 3 rings (SSSR count). The van der Waals surface area contributed by atoms with Crippen molar-refractivity contribution in [3.63, 3.8) is 0 Å². The van der Waals surface area contributed by atoms with Crippen LogP contribution in [0, 0.1) is 3.57 Å². The molecule has 2 heterocycles. The normalized spacial score (nSPS) is 14.5. The second kappa shape index (κ2) is 9.59. The third-order valence-corrected chi connectivity index (χ3v) is 4.43. The number of ether oxygens (including phenoxy) is 4. The highest BCUT2D eigenvalue weighted by molar-refractivity contribution is 14.1. The van der Waals surface area contributed by atoms with Crippen LogP contribution in [0.3, 0.4) is 0 Å². The van der Waals surface area contributed by atoms with E-state index in [4.69, 9.17) is 23.4 Å². The summed E-state index contributed by atoms with van der Waals surface area (Å²) in [5.74, 6) is 0.306. The number of carbonyl (C=O) groups excluding carboxylic acids is 2. The quantitative estimate of drug-likeness (QED) is 0.304. The van der Waals surface area contributed by atoms with E-state index in [9.17, 15) is 9.59 Å². The Morgan fingerprint density at radius 1 is 1.24 bits per heavy atom. The van der Waals surface area contributed by atoms with E-state index in [0.29, 0.717) is 33.0 Å². The molecule has 8 nitrogen and oxygen atoms in total. The minimum Gasteiger partial charge on any atom is -0.490 e. The molecular formula is C20H18INO7. The van der Waals surface area contributed by atoms with Gasteiger partial charge in [0.2, 0.25) is 0 Å². The van der Waals surface area contributed by atoms with E-state index in [0.717, 1.165) is 0 Å². The third-order valence-electron chi connectivity index (χ3n) is 3.63. The van der Waals surface area contributed by atoms with Crippen LogP contribution >= 0.6 is 22.6 Å². The van der Waals surface area contributed by atoms with Gasteiger partial charge in [-0.2, -0.15) is 0 Å². The number of cyclic esters (lactones) is 1. The van der Waals surface area contributed by atoms with Crippen molar-refractivity contribution in [1.82, 2.24) is 0 Å². The van der Waals surface area contributed by atoms with Gasteiger partial charge in [0.1, 0.15) is 0 Å². The average Bonchev–Trinajstić information content (AvgIpc) is 3.32. The summed E-state index contributed by atoms with van der Waals surface area (Å²) in [6, 6.07) is 6.82. The number of carbonyl (C=O) groups is 2. The molecule has 1 aliphatic rings. The molecule has 0 aliphatic carbocycles. The maximum Gasteiger partial charge on any atom is 0.363 e. The van der Waals surface area contributed by atoms with Gasteiger partial charge >= 0.3 is 11.9 Å². The van der Waals surface area contributed by atoms with Crippen LogP contribution in [0.2, 0.25) is 0 Å². The summed E-state index contributed by atoms with van der Waals surface area (Å²) in [5, 5.41) is 0. The Kier molecular flexibility index (Phi) is 6.91. The summed E-state index contributed by atoms with van der Waals surface area (Å²) in [6.45, 7) is 4.01. The minimum atomic E-state index is -0.577. The summed E-state index contributed by atoms with van der Waals surface area (Å²) in [6.07, 6.45) is 3.05. The molecular weight excluding hydrogens is 493 g/mol. The lowest BCUT2D eigenvalue weighted by molar-refractivity contribution is -0.145. The summed E-state index contributed by atoms with van der Waals surface area (Å²) >= 11 is 2.07. The second-order valence-electron chi connectivity index (χ2n) is 5.67. The van der Waals surface area contributed by atoms with Crippen molar-refractivity contribution in [3.05, 3.63) is 51.1 Å². The van der Waals surface area contributed by atoms with Crippen LogP contribution in [-0.2, 0) is 19.1 Å². The number of rotatable bonds is 8. The summed E-state index contributed by atoms with van der Waals surface area (Å²) < 4.78 is 27.2. The summed E-state index contributed by atoms with van der Waals surface area (Å²) in [4.78, 5) is 27.9. The molecule has 0 unspecified atom stereocenters. The molecule has 0 N–H and O–H groups in total. The van der Waals surface area contributed by atoms with Gasteiger partial charge in [0.15, 0.2) is 29.6 Å². The fraction of sp³-hybridized carbons (Fsp3) is 0.250. The summed E-state index contributed by atoms with van der Waals surface area (Å²) in [7, 11) is 0. The van der Waals surface area contributed by atoms with Crippen LogP contribution in [0.15, 0.2) is 45.6 Å². The first kappa shape index (κ1) is 20.9. The number of aliphatic imine (C=N–C) groups is 1. The first-order valence-electron chi connectivity index (χ1n) is 8.83. The smallest absolute Gasteiger partial charge is 0.363 e. The van der Waals surface area contributed by atoms with Crippen LogP contribution in [-0.4, -0.2) is 37.7 Å². The molecule has 0 bridgehead atoms. The molecule has 152 valence electrons. The first-order chi connectivity index (χ1) is 14.0. The SMILES string of the molecule is CCOC(=O)COc1c(I)cc(/C=C2/N=C(c3ccco3)OC2=O)cc1OCC. The number of benzene rings is 1. The fourth-order valence-electron chi connectivity index (χ4n) is 2.48. The van der Waals surface area contributed by atoms with Crippen LogP contribution in [0.1, 0.15) is 25.2 Å². The minimum absolute atomic E-state index is 0.111. The standard InChI is InChI=1S/C20H18INO7/c1-3-25-16-10-12(8-13(21)18(16)28-11-17(23)26-4-2)9-14-20(24)29-19(22-14)15-6-5-7-27-15/h5-10H,3-4,11H2,1-2H3/b14-9+. The van der Waals surface area contributed by atoms with Crippen LogP contribution < -0.4 is 9.47 Å². The average molecular weight is 511 g/mol. The van der Waals surface area contributed by atoms with Gasteiger partial charge in [-0.05, 0) is 72.3 Å². The molecule has 1 aromatic carbocycles. The largest absolute Gasteiger partial charge is 0.490 e. The molecule has 1 aromatic heterocycles. The molecule has 0 atom stereocenters. The Hall–Kier alpha value is -2.82. The Bertz CT molecular complexity index is 963. The van der Waals surface area contributed by atoms with Gasteiger partial charge in [-0.15, -0.1) is 0 Å². The predicted molar refractivity (Wildman–Crippen MR) is 112 cm³/mol. The maximum absolute atomic E-state index is 12.1. The van der Waals surface area contributed by atoms with E-state index in [-0.39, 0.29) is 24.8 Å².